The SMILES string of the molecule is O=[N+]([O-])c1ccc(COc2cccc(CNc3ccc(F)cc3)c2)cc1. The number of nitro benzene ring substituents is 1. The lowest BCUT2D eigenvalue weighted by Crippen LogP contribution is -2.00. The Balaban J connectivity index is 1.56. The zero-order valence-electron chi connectivity index (χ0n) is 13.9. The van der Waals surface area contributed by atoms with E-state index in [9.17, 15) is 14.5 Å². The molecule has 0 fully saturated rings. The van der Waals surface area contributed by atoms with Crippen LogP contribution < -0.4 is 10.1 Å². The maximum Gasteiger partial charge on any atom is 0.269 e. The molecule has 26 heavy (non-hydrogen) atoms. The van der Waals surface area contributed by atoms with Crippen LogP contribution in [0.4, 0.5) is 15.8 Å². The quantitative estimate of drug-likeness (QED) is 0.484. The molecule has 3 aromatic rings. The average Bonchev–Trinajstić information content (AvgIpc) is 2.66. The first-order valence-electron chi connectivity index (χ1n) is 8.05. The van der Waals surface area contributed by atoms with Gasteiger partial charge in [-0.2, -0.15) is 0 Å². The van der Waals surface area contributed by atoms with Gasteiger partial charge in [0.15, 0.2) is 0 Å². The lowest BCUT2D eigenvalue weighted by Gasteiger charge is -2.10. The first-order valence-corrected chi connectivity index (χ1v) is 8.05. The second-order valence-corrected chi connectivity index (χ2v) is 5.72. The lowest BCUT2D eigenvalue weighted by atomic mass is 10.2. The Hall–Kier alpha value is -3.41. The van der Waals surface area contributed by atoms with E-state index in [1.54, 1.807) is 24.3 Å². The third kappa shape index (κ3) is 4.80. The van der Waals surface area contributed by atoms with Crippen LogP contribution in [-0.4, -0.2) is 4.92 Å². The van der Waals surface area contributed by atoms with E-state index in [-0.39, 0.29) is 11.5 Å². The highest BCUT2D eigenvalue weighted by atomic mass is 19.1. The van der Waals surface area contributed by atoms with Crippen LogP contribution in [0.3, 0.4) is 0 Å². The number of nitrogens with one attached hydrogen (secondary N) is 1. The molecule has 3 rings (SSSR count). The van der Waals surface area contributed by atoms with Gasteiger partial charge in [-0.3, -0.25) is 10.1 Å². The molecule has 3 aromatic carbocycles. The number of rotatable bonds is 7. The summed E-state index contributed by atoms with van der Waals surface area (Å²) in [6.07, 6.45) is 0. The molecule has 6 heteroatoms. The summed E-state index contributed by atoms with van der Waals surface area (Å²) in [4.78, 5) is 10.2. The van der Waals surface area contributed by atoms with Gasteiger partial charge < -0.3 is 10.1 Å². The Morgan fingerprint density at radius 3 is 2.38 bits per heavy atom. The normalized spacial score (nSPS) is 10.3. The minimum atomic E-state index is -0.428. The molecular formula is C20H17FN2O3. The fraction of sp³-hybridized carbons (Fsp3) is 0.100. The van der Waals surface area contributed by atoms with Crippen molar-refractivity contribution in [3.8, 4) is 5.75 Å². The number of hydrogen-bond acceptors (Lipinski definition) is 4. The van der Waals surface area contributed by atoms with Gasteiger partial charge in [-0.15, -0.1) is 0 Å². The summed E-state index contributed by atoms with van der Waals surface area (Å²) in [5.41, 5.74) is 2.77. The van der Waals surface area contributed by atoms with Gasteiger partial charge in [-0.25, -0.2) is 4.39 Å². The van der Waals surface area contributed by atoms with E-state index >= 15 is 0 Å². The van der Waals surface area contributed by atoms with E-state index in [0.29, 0.717) is 18.9 Å². The smallest absolute Gasteiger partial charge is 0.269 e. The van der Waals surface area contributed by atoms with Crippen molar-refractivity contribution in [3.05, 3.63) is 99.9 Å². The predicted molar refractivity (Wildman–Crippen MR) is 97.6 cm³/mol. The number of nitrogens with zero attached hydrogens (tertiary/aromatic N) is 1. The molecule has 0 unspecified atom stereocenters. The summed E-state index contributed by atoms with van der Waals surface area (Å²) in [5, 5.41) is 13.9. The zero-order valence-corrected chi connectivity index (χ0v) is 13.9. The van der Waals surface area contributed by atoms with Gasteiger partial charge in [0, 0.05) is 24.4 Å². The average molecular weight is 352 g/mol. The van der Waals surface area contributed by atoms with Gasteiger partial charge in [-0.05, 0) is 59.7 Å². The van der Waals surface area contributed by atoms with E-state index in [1.807, 2.05) is 24.3 Å². The first-order chi connectivity index (χ1) is 12.6. The molecule has 0 amide bonds. The van der Waals surface area contributed by atoms with Crippen LogP contribution in [0.1, 0.15) is 11.1 Å². The summed E-state index contributed by atoms with van der Waals surface area (Å²) >= 11 is 0. The summed E-state index contributed by atoms with van der Waals surface area (Å²) < 4.78 is 18.7. The van der Waals surface area contributed by atoms with E-state index in [2.05, 4.69) is 5.32 Å². The van der Waals surface area contributed by atoms with Crippen molar-refractivity contribution in [1.82, 2.24) is 0 Å². The van der Waals surface area contributed by atoms with Crippen molar-refractivity contribution in [2.45, 2.75) is 13.2 Å². The van der Waals surface area contributed by atoms with Crippen LogP contribution in [-0.2, 0) is 13.2 Å². The molecule has 132 valence electrons. The van der Waals surface area contributed by atoms with Crippen molar-refractivity contribution in [2.24, 2.45) is 0 Å². The second kappa shape index (κ2) is 8.11. The first kappa shape index (κ1) is 17.4. The topological polar surface area (TPSA) is 64.4 Å². The molecular weight excluding hydrogens is 335 g/mol. The molecule has 0 saturated carbocycles. The Morgan fingerprint density at radius 1 is 0.962 bits per heavy atom. The molecule has 0 aliphatic heterocycles. The lowest BCUT2D eigenvalue weighted by molar-refractivity contribution is -0.384. The van der Waals surface area contributed by atoms with Gasteiger partial charge in [0.05, 0.1) is 4.92 Å². The van der Waals surface area contributed by atoms with Gasteiger partial charge >= 0.3 is 0 Å². The maximum absolute atomic E-state index is 12.9. The molecule has 0 saturated heterocycles. The van der Waals surface area contributed by atoms with E-state index < -0.39 is 4.92 Å². The standard InChI is InChI=1S/C20H17FN2O3/c21-17-6-8-18(9-7-17)22-13-16-2-1-3-20(12-16)26-14-15-4-10-19(11-5-15)23(24)25/h1-12,22H,13-14H2. The van der Waals surface area contributed by atoms with Crippen LogP contribution in [0.5, 0.6) is 5.75 Å². The van der Waals surface area contributed by atoms with Crippen LogP contribution >= 0.6 is 0 Å². The number of anilines is 1. The highest BCUT2D eigenvalue weighted by Crippen LogP contribution is 2.18. The van der Waals surface area contributed by atoms with Crippen molar-refractivity contribution in [2.75, 3.05) is 5.32 Å². The summed E-state index contributed by atoms with van der Waals surface area (Å²) in [6, 6.07) is 20.1. The van der Waals surface area contributed by atoms with Crippen LogP contribution in [0.2, 0.25) is 0 Å². The fourth-order valence-electron chi connectivity index (χ4n) is 2.40. The molecule has 0 aromatic heterocycles. The van der Waals surface area contributed by atoms with Crippen molar-refractivity contribution < 1.29 is 14.1 Å². The van der Waals surface area contributed by atoms with Crippen molar-refractivity contribution in [1.29, 1.82) is 0 Å². The van der Waals surface area contributed by atoms with Gasteiger partial charge in [0.25, 0.3) is 5.69 Å². The molecule has 0 aliphatic carbocycles. The third-order valence-electron chi connectivity index (χ3n) is 3.79. The fourth-order valence-corrected chi connectivity index (χ4v) is 2.40. The Morgan fingerprint density at radius 2 is 1.69 bits per heavy atom. The zero-order chi connectivity index (χ0) is 18.4. The summed E-state index contributed by atoms with van der Waals surface area (Å²) in [7, 11) is 0. The predicted octanol–water partition coefficient (Wildman–Crippen LogP) is 4.93. The minimum Gasteiger partial charge on any atom is -0.489 e. The van der Waals surface area contributed by atoms with Crippen LogP contribution in [0.15, 0.2) is 72.8 Å². The molecule has 0 atom stereocenters. The second-order valence-electron chi connectivity index (χ2n) is 5.72. The number of hydrogen-bond donors (Lipinski definition) is 1. The van der Waals surface area contributed by atoms with Gasteiger partial charge in [0.2, 0.25) is 0 Å². The molecule has 0 spiro atoms. The number of non-ortho nitro benzene ring substituents is 1. The molecule has 0 bridgehead atoms. The molecule has 5 nitrogen and oxygen atoms in total. The monoisotopic (exact) mass is 352 g/mol. The Bertz CT molecular complexity index is 880. The Kier molecular flexibility index (Phi) is 5.43. The largest absolute Gasteiger partial charge is 0.489 e. The van der Waals surface area contributed by atoms with E-state index in [1.165, 1.54) is 24.3 Å². The molecule has 0 aliphatic rings. The van der Waals surface area contributed by atoms with Crippen LogP contribution in [0, 0.1) is 15.9 Å². The van der Waals surface area contributed by atoms with Crippen molar-refractivity contribution in [3.63, 3.8) is 0 Å². The van der Waals surface area contributed by atoms with Crippen LogP contribution in [0.25, 0.3) is 0 Å². The summed E-state index contributed by atoms with van der Waals surface area (Å²) in [6.45, 7) is 0.910. The molecule has 0 radical (unpaired) electrons. The van der Waals surface area contributed by atoms with Gasteiger partial charge in [0.1, 0.15) is 18.2 Å². The summed E-state index contributed by atoms with van der Waals surface area (Å²) in [5.74, 6) is 0.443. The Labute approximate surface area is 150 Å². The third-order valence-corrected chi connectivity index (χ3v) is 3.79. The maximum atomic E-state index is 12.9. The number of nitro groups is 1. The minimum absolute atomic E-state index is 0.0580. The van der Waals surface area contributed by atoms with Gasteiger partial charge in [-0.1, -0.05) is 12.1 Å². The highest BCUT2D eigenvalue weighted by molar-refractivity contribution is 5.44. The number of halogens is 1. The molecule has 0 heterocycles. The number of benzene rings is 3. The van der Waals surface area contributed by atoms with E-state index in [0.717, 1.165) is 16.8 Å². The van der Waals surface area contributed by atoms with E-state index in [4.69, 9.17) is 4.74 Å². The highest BCUT2D eigenvalue weighted by Gasteiger charge is 2.04. The molecule has 1 N–H and O–H groups in total. The number of ether oxygens (including phenoxy) is 1. The van der Waals surface area contributed by atoms with Crippen molar-refractivity contribution >= 4 is 11.4 Å².